The minimum atomic E-state index is -0.659. The highest BCUT2D eigenvalue weighted by Gasteiger charge is 2.24. The monoisotopic (exact) mass is 416 g/mol. The molecule has 0 spiro atoms. The summed E-state index contributed by atoms with van der Waals surface area (Å²) in [4.78, 5) is 29.5. The summed E-state index contributed by atoms with van der Waals surface area (Å²) in [6.07, 6.45) is 0.521. The number of nitrogens with one attached hydrogen (secondary N) is 1. The Bertz CT molecular complexity index is 696. The van der Waals surface area contributed by atoms with Gasteiger partial charge in [-0.05, 0) is 34.3 Å². The average Bonchev–Trinajstić information content (AvgIpc) is 3.13. The molecule has 0 saturated heterocycles. The molecule has 5 nitrogen and oxygen atoms in total. The summed E-state index contributed by atoms with van der Waals surface area (Å²) in [5.74, 6) is -0.544. The van der Waals surface area contributed by atoms with Crippen molar-refractivity contribution >= 4 is 50.5 Å². The molecule has 0 bridgehead atoms. The van der Waals surface area contributed by atoms with Crippen molar-refractivity contribution in [1.82, 2.24) is 10.3 Å². The maximum atomic E-state index is 12.3. The lowest BCUT2D eigenvalue weighted by Crippen LogP contribution is -2.42. The van der Waals surface area contributed by atoms with Gasteiger partial charge in [0.1, 0.15) is 16.7 Å². The molecule has 1 N–H and O–H groups in total. The van der Waals surface area contributed by atoms with Gasteiger partial charge in [0.05, 0.1) is 12.0 Å². The molecule has 1 atom stereocenters. The van der Waals surface area contributed by atoms with Gasteiger partial charge in [-0.2, -0.15) is 0 Å². The van der Waals surface area contributed by atoms with E-state index in [4.69, 9.17) is 4.74 Å². The zero-order valence-corrected chi connectivity index (χ0v) is 16.2. The third-order valence-electron chi connectivity index (χ3n) is 3.01. The van der Waals surface area contributed by atoms with Gasteiger partial charge in [-0.1, -0.05) is 13.8 Å². The molecule has 2 aromatic heterocycles. The van der Waals surface area contributed by atoms with Gasteiger partial charge in [-0.3, -0.25) is 4.79 Å². The largest absolute Gasteiger partial charge is 0.467 e. The maximum Gasteiger partial charge on any atom is 0.328 e. The van der Waals surface area contributed by atoms with E-state index < -0.39 is 12.0 Å². The third-order valence-corrected chi connectivity index (χ3v) is 5.72. The Hall–Kier alpha value is -1.25. The normalized spacial score (nSPS) is 12.2. The first kappa shape index (κ1) is 18.1. The molecule has 1 amide bonds. The Morgan fingerprint density at radius 2 is 2.09 bits per heavy atom. The molecule has 23 heavy (non-hydrogen) atoms. The summed E-state index contributed by atoms with van der Waals surface area (Å²) in [5.41, 5.74) is 0.312. The predicted octanol–water partition coefficient (Wildman–Crippen LogP) is 3.95. The van der Waals surface area contributed by atoms with E-state index in [-0.39, 0.29) is 11.8 Å². The van der Waals surface area contributed by atoms with Gasteiger partial charge < -0.3 is 10.1 Å². The van der Waals surface area contributed by atoms with Gasteiger partial charge >= 0.3 is 5.97 Å². The highest BCUT2D eigenvalue weighted by molar-refractivity contribution is 9.10. The van der Waals surface area contributed by atoms with Crippen molar-refractivity contribution in [3.63, 3.8) is 0 Å². The van der Waals surface area contributed by atoms with Crippen molar-refractivity contribution in [2.24, 2.45) is 5.92 Å². The number of rotatable bonds is 6. The number of aromatic nitrogens is 1. The van der Waals surface area contributed by atoms with Crippen LogP contribution in [0.5, 0.6) is 0 Å². The summed E-state index contributed by atoms with van der Waals surface area (Å²) in [7, 11) is 1.32. The molecule has 2 rings (SSSR count). The number of amides is 1. The Kier molecular flexibility index (Phi) is 6.32. The van der Waals surface area contributed by atoms with Gasteiger partial charge in [0.15, 0.2) is 0 Å². The van der Waals surface area contributed by atoms with E-state index in [0.29, 0.717) is 12.1 Å². The van der Waals surface area contributed by atoms with Crippen LogP contribution in [-0.4, -0.2) is 30.0 Å². The van der Waals surface area contributed by atoms with Gasteiger partial charge in [0.25, 0.3) is 5.91 Å². The molecular weight excluding hydrogens is 400 g/mol. The molecule has 8 heteroatoms. The van der Waals surface area contributed by atoms with Gasteiger partial charge in [0, 0.05) is 15.2 Å². The van der Waals surface area contributed by atoms with E-state index in [2.05, 4.69) is 26.2 Å². The number of carbonyl (C=O) groups is 2. The molecule has 0 saturated carbocycles. The SMILES string of the molecule is COC(=O)C(CC(C)C)NC(=O)c1csc(-c2cc(Br)cs2)n1. The average molecular weight is 417 g/mol. The van der Waals surface area contributed by atoms with Crippen LogP contribution < -0.4 is 5.32 Å². The van der Waals surface area contributed by atoms with Crippen molar-refractivity contribution < 1.29 is 14.3 Å². The number of halogens is 1. The molecule has 0 fully saturated rings. The van der Waals surface area contributed by atoms with E-state index in [9.17, 15) is 9.59 Å². The summed E-state index contributed by atoms with van der Waals surface area (Å²) in [5, 5.41) is 7.15. The van der Waals surface area contributed by atoms with E-state index in [1.54, 1.807) is 16.7 Å². The molecule has 124 valence electrons. The van der Waals surface area contributed by atoms with Crippen LogP contribution >= 0.6 is 38.6 Å². The number of carbonyl (C=O) groups excluding carboxylic acids is 2. The van der Waals surface area contributed by atoms with Crippen LogP contribution in [0.15, 0.2) is 21.3 Å². The van der Waals surface area contributed by atoms with Crippen molar-refractivity contribution in [1.29, 1.82) is 0 Å². The number of esters is 1. The van der Waals surface area contributed by atoms with Crippen LogP contribution in [0.25, 0.3) is 9.88 Å². The second kappa shape index (κ2) is 8.03. The number of nitrogens with zero attached hydrogens (tertiary/aromatic N) is 1. The zero-order chi connectivity index (χ0) is 17.0. The smallest absolute Gasteiger partial charge is 0.328 e. The number of thiazole rings is 1. The zero-order valence-electron chi connectivity index (χ0n) is 13.0. The van der Waals surface area contributed by atoms with Crippen LogP contribution in [0.1, 0.15) is 30.8 Å². The standard InChI is InChI=1S/C15H17BrN2O3S2/c1-8(2)4-10(15(20)21-3)17-13(19)11-7-23-14(18-11)12-5-9(16)6-22-12/h5-8,10H,4H2,1-3H3,(H,17,19). The molecule has 0 aliphatic rings. The molecule has 0 aliphatic carbocycles. The number of hydrogen-bond acceptors (Lipinski definition) is 6. The molecule has 2 heterocycles. The lowest BCUT2D eigenvalue weighted by Gasteiger charge is -2.17. The maximum absolute atomic E-state index is 12.3. The molecular formula is C15H17BrN2O3S2. The van der Waals surface area contributed by atoms with E-state index in [1.807, 2.05) is 25.3 Å². The lowest BCUT2D eigenvalue weighted by molar-refractivity contribution is -0.143. The first-order valence-electron chi connectivity index (χ1n) is 6.99. The Morgan fingerprint density at radius 1 is 1.35 bits per heavy atom. The highest BCUT2D eigenvalue weighted by atomic mass is 79.9. The van der Waals surface area contributed by atoms with Crippen molar-refractivity contribution in [2.75, 3.05) is 7.11 Å². The van der Waals surface area contributed by atoms with Crippen LogP contribution in [0.4, 0.5) is 0 Å². The van der Waals surface area contributed by atoms with E-state index in [1.165, 1.54) is 18.4 Å². The number of ether oxygens (including phenoxy) is 1. The summed E-state index contributed by atoms with van der Waals surface area (Å²) >= 11 is 6.36. The summed E-state index contributed by atoms with van der Waals surface area (Å²) in [6.45, 7) is 3.97. The molecule has 0 radical (unpaired) electrons. The third kappa shape index (κ3) is 4.86. The highest BCUT2D eigenvalue weighted by Crippen LogP contribution is 2.32. The van der Waals surface area contributed by atoms with Crippen LogP contribution in [0, 0.1) is 5.92 Å². The number of methoxy groups -OCH3 is 1. The summed E-state index contributed by atoms with van der Waals surface area (Å²) in [6, 6.07) is 1.30. The lowest BCUT2D eigenvalue weighted by atomic mass is 10.0. The minimum absolute atomic E-state index is 0.258. The first-order valence-corrected chi connectivity index (χ1v) is 9.54. The second-order valence-electron chi connectivity index (χ2n) is 5.35. The topological polar surface area (TPSA) is 68.3 Å². The number of thiophene rings is 1. The van der Waals surface area contributed by atoms with Crippen molar-refractivity contribution in [2.45, 2.75) is 26.3 Å². The van der Waals surface area contributed by atoms with E-state index >= 15 is 0 Å². The van der Waals surface area contributed by atoms with Crippen LogP contribution in [-0.2, 0) is 9.53 Å². The number of hydrogen-bond donors (Lipinski definition) is 1. The Balaban J connectivity index is 2.10. The fourth-order valence-corrected chi connectivity index (χ4v) is 4.28. The molecule has 0 aliphatic heterocycles. The van der Waals surface area contributed by atoms with Gasteiger partial charge in [0.2, 0.25) is 0 Å². The quantitative estimate of drug-likeness (QED) is 0.723. The Morgan fingerprint density at radius 3 is 2.65 bits per heavy atom. The first-order chi connectivity index (χ1) is 10.9. The van der Waals surface area contributed by atoms with Crippen LogP contribution in [0.3, 0.4) is 0 Å². The van der Waals surface area contributed by atoms with Gasteiger partial charge in [-0.25, -0.2) is 9.78 Å². The Labute approximate surface area is 151 Å². The van der Waals surface area contributed by atoms with E-state index in [0.717, 1.165) is 14.4 Å². The second-order valence-corrected chi connectivity index (χ2v) is 8.03. The van der Waals surface area contributed by atoms with Gasteiger partial charge in [-0.15, -0.1) is 22.7 Å². The summed E-state index contributed by atoms with van der Waals surface area (Å²) < 4.78 is 5.74. The predicted molar refractivity (Wildman–Crippen MR) is 95.9 cm³/mol. The molecule has 2 aromatic rings. The van der Waals surface area contributed by atoms with Crippen molar-refractivity contribution in [3.05, 3.63) is 27.0 Å². The molecule has 0 aromatic carbocycles. The fraction of sp³-hybridized carbons (Fsp3) is 0.400. The van der Waals surface area contributed by atoms with Crippen molar-refractivity contribution in [3.8, 4) is 9.88 Å². The minimum Gasteiger partial charge on any atom is -0.467 e. The van der Waals surface area contributed by atoms with Crippen LogP contribution in [0.2, 0.25) is 0 Å². The molecule has 1 unspecified atom stereocenters. The fourth-order valence-electron chi connectivity index (χ4n) is 1.98.